The molecule has 9 heteroatoms. The molecule has 2 aliphatic rings. The van der Waals surface area contributed by atoms with E-state index in [1.54, 1.807) is 76.5 Å². The third-order valence-corrected chi connectivity index (χ3v) is 12.2. The fourth-order valence-corrected chi connectivity index (χ4v) is 9.47. The molecule has 0 amide bonds. The van der Waals surface area contributed by atoms with E-state index in [0.717, 1.165) is 44.5 Å². The van der Waals surface area contributed by atoms with Crippen molar-refractivity contribution in [1.29, 1.82) is 0 Å². The third-order valence-electron chi connectivity index (χ3n) is 11.2. The predicted octanol–water partition coefficient (Wildman–Crippen LogP) is 13.2. The van der Waals surface area contributed by atoms with Gasteiger partial charge in [0.2, 0.25) is 0 Å². The molecule has 0 aromatic heterocycles. The Morgan fingerprint density at radius 2 is 0.780 bits per heavy atom. The predicted molar refractivity (Wildman–Crippen MR) is 228 cm³/mol. The summed E-state index contributed by atoms with van der Waals surface area (Å²) in [7, 11) is -6.19. The van der Waals surface area contributed by atoms with Crippen LogP contribution < -0.4 is 14.0 Å². The van der Waals surface area contributed by atoms with Gasteiger partial charge in [-0.25, -0.2) is 0 Å². The average Bonchev–Trinajstić information content (AvgIpc) is 3.73. The molecular formula is C50H33F3N2O3S. The lowest BCUT2D eigenvalue weighted by atomic mass is 9.70. The van der Waals surface area contributed by atoms with E-state index in [1.807, 2.05) is 78.9 Å². The van der Waals surface area contributed by atoms with Crippen LogP contribution in [0.4, 0.5) is 47.3 Å². The molecule has 8 aromatic carbocycles. The molecule has 8 aromatic rings. The summed E-state index contributed by atoms with van der Waals surface area (Å²) in [6.45, 7) is 0. The maximum Gasteiger partial charge on any atom is 0.534 e. The van der Waals surface area contributed by atoms with Crippen molar-refractivity contribution in [2.75, 3.05) is 9.80 Å². The number of alkyl halides is 3. The molecule has 2 aliphatic carbocycles. The molecule has 0 unspecified atom stereocenters. The van der Waals surface area contributed by atoms with Gasteiger partial charge in [-0.3, -0.25) is 0 Å². The van der Waals surface area contributed by atoms with Gasteiger partial charge < -0.3 is 14.0 Å². The SMILES string of the molecule is O=S(=O)(Oc1c(N(c2ccccc2)c2ccccc2)cccc1N(c1ccccc1)c1cccc2c1-c1ccccc1C21c2ccccc2-c2ccccc21)C(F)(F)F. The van der Waals surface area contributed by atoms with E-state index < -0.39 is 26.8 Å². The van der Waals surface area contributed by atoms with E-state index in [9.17, 15) is 21.6 Å². The number of para-hydroxylation sites is 4. The normalized spacial score (nSPS) is 13.3. The first-order valence-corrected chi connectivity index (χ1v) is 20.4. The monoisotopic (exact) mass is 798 g/mol. The van der Waals surface area contributed by atoms with Gasteiger partial charge in [0.1, 0.15) is 0 Å². The van der Waals surface area contributed by atoms with E-state index in [2.05, 4.69) is 54.6 Å². The van der Waals surface area contributed by atoms with Crippen LogP contribution in [0, 0.1) is 0 Å². The first kappa shape index (κ1) is 36.3. The van der Waals surface area contributed by atoms with Crippen LogP contribution in [0.15, 0.2) is 200 Å². The van der Waals surface area contributed by atoms with Gasteiger partial charge in [-0.15, -0.1) is 0 Å². The van der Waals surface area contributed by atoms with Crippen molar-refractivity contribution >= 4 is 44.2 Å². The first-order valence-electron chi connectivity index (χ1n) is 19.0. The number of hydrogen-bond donors (Lipinski definition) is 0. The Kier molecular flexibility index (Phi) is 8.47. The zero-order chi connectivity index (χ0) is 40.4. The quantitative estimate of drug-likeness (QED) is 0.113. The van der Waals surface area contributed by atoms with Crippen LogP contribution in [0.25, 0.3) is 22.3 Å². The fourth-order valence-electron chi connectivity index (χ4n) is 8.98. The van der Waals surface area contributed by atoms with Gasteiger partial charge in [-0.1, -0.05) is 146 Å². The second-order valence-corrected chi connectivity index (χ2v) is 15.9. The maximum atomic E-state index is 14.5. The Balaban J connectivity index is 1.30. The molecule has 0 saturated heterocycles. The summed E-state index contributed by atoms with van der Waals surface area (Å²) in [6, 6.07) is 63.2. The molecule has 59 heavy (non-hydrogen) atoms. The van der Waals surface area contributed by atoms with Gasteiger partial charge in [0, 0.05) is 22.6 Å². The van der Waals surface area contributed by atoms with Gasteiger partial charge in [-0.2, -0.15) is 21.6 Å². The number of rotatable bonds is 8. The fraction of sp³-hybridized carbons (Fsp3) is 0.0400. The lowest BCUT2D eigenvalue weighted by Gasteiger charge is -2.33. The standard InChI is InChI=1S/C50H33F3N2O3S/c51-50(52,53)59(56,57)58-48-45(54(34-18-4-1-5-19-34)35-20-6-2-7-21-35)32-17-33-46(48)55(36-22-8-3-9-23-36)44-31-16-30-43-47(44)39-26-12-15-29-42(39)49(43)40-27-13-10-24-37(40)38-25-11-14-28-41(38)49/h1-33H. The summed E-state index contributed by atoms with van der Waals surface area (Å²) in [5.74, 6) is -0.503. The Morgan fingerprint density at radius 3 is 1.29 bits per heavy atom. The van der Waals surface area contributed by atoms with E-state index in [0.29, 0.717) is 22.7 Å². The number of halogens is 3. The van der Waals surface area contributed by atoms with Crippen molar-refractivity contribution in [2.45, 2.75) is 10.9 Å². The van der Waals surface area contributed by atoms with Gasteiger partial charge in [-0.05, 0) is 93.5 Å². The summed E-state index contributed by atoms with van der Waals surface area (Å²) in [6.07, 6.45) is 0. The van der Waals surface area contributed by atoms with Crippen LogP contribution in [0.3, 0.4) is 0 Å². The molecule has 288 valence electrons. The molecule has 0 aliphatic heterocycles. The van der Waals surface area contributed by atoms with Crippen molar-refractivity contribution in [3.63, 3.8) is 0 Å². The summed E-state index contributed by atoms with van der Waals surface area (Å²) in [4.78, 5) is 3.50. The number of anilines is 6. The van der Waals surface area contributed by atoms with E-state index in [4.69, 9.17) is 4.18 Å². The van der Waals surface area contributed by atoms with Crippen molar-refractivity contribution in [3.8, 4) is 28.0 Å². The second-order valence-electron chi connectivity index (χ2n) is 14.4. The van der Waals surface area contributed by atoms with Crippen LogP contribution in [-0.4, -0.2) is 13.9 Å². The summed E-state index contributed by atoms with van der Waals surface area (Å²) in [5, 5.41) is 0. The van der Waals surface area contributed by atoms with Crippen molar-refractivity contribution < 1.29 is 25.8 Å². The van der Waals surface area contributed by atoms with Crippen LogP contribution in [0.1, 0.15) is 22.3 Å². The number of hydrogen-bond acceptors (Lipinski definition) is 5. The third kappa shape index (κ3) is 5.56. The highest BCUT2D eigenvalue weighted by molar-refractivity contribution is 7.88. The van der Waals surface area contributed by atoms with Gasteiger partial charge in [0.15, 0.2) is 5.75 Å². The van der Waals surface area contributed by atoms with E-state index in [1.165, 1.54) is 0 Å². The molecule has 0 bridgehead atoms. The zero-order valence-corrected chi connectivity index (χ0v) is 32.0. The van der Waals surface area contributed by atoms with Crippen molar-refractivity contribution in [1.82, 2.24) is 0 Å². The molecule has 0 saturated carbocycles. The van der Waals surface area contributed by atoms with Crippen LogP contribution in [0.5, 0.6) is 5.75 Å². The van der Waals surface area contributed by atoms with E-state index >= 15 is 0 Å². The summed E-state index contributed by atoms with van der Waals surface area (Å²) >= 11 is 0. The number of fused-ring (bicyclic) bond motifs is 10. The van der Waals surface area contributed by atoms with Crippen molar-refractivity contribution in [3.05, 3.63) is 222 Å². The largest absolute Gasteiger partial charge is 0.534 e. The molecule has 0 radical (unpaired) electrons. The Morgan fingerprint density at radius 1 is 0.407 bits per heavy atom. The highest BCUT2D eigenvalue weighted by Crippen LogP contribution is 2.65. The molecule has 10 rings (SSSR count). The molecule has 0 heterocycles. The lowest BCUT2D eigenvalue weighted by Crippen LogP contribution is -2.29. The summed E-state index contributed by atoms with van der Waals surface area (Å²) in [5.41, 5.74) is 4.43. The van der Waals surface area contributed by atoms with Gasteiger partial charge >= 0.3 is 15.6 Å². The second kappa shape index (κ2) is 13.8. The Bertz CT molecular complexity index is 2910. The van der Waals surface area contributed by atoms with Crippen LogP contribution >= 0.6 is 0 Å². The summed E-state index contributed by atoms with van der Waals surface area (Å²) < 4.78 is 75.5. The molecular weight excluding hydrogens is 766 g/mol. The topological polar surface area (TPSA) is 49.9 Å². The maximum absolute atomic E-state index is 14.5. The number of nitrogens with zero attached hydrogens (tertiary/aromatic N) is 2. The minimum Gasteiger partial charge on any atom is -0.371 e. The molecule has 1 spiro atoms. The lowest BCUT2D eigenvalue weighted by molar-refractivity contribution is -0.0499. The minimum absolute atomic E-state index is 0.0803. The Hall–Kier alpha value is -7.10. The smallest absolute Gasteiger partial charge is 0.371 e. The highest BCUT2D eigenvalue weighted by atomic mass is 32.2. The number of benzene rings is 8. The van der Waals surface area contributed by atoms with Gasteiger partial charge in [0.05, 0.1) is 22.5 Å². The highest BCUT2D eigenvalue weighted by Gasteiger charge is 2.53. The zero-order valence-electron chi connectivity index (χ0n) is 31.2. The van der Waals surface area contributed by atoms with Crippen LogP contribution in [-0.2, 0) is 15.5 Å². The van der Waals surface area contributed by atoms with Crippen molar-refractivity contribution in [2.24, 2.45) is 0 Å². The van der Waals surface area contributed by atoms with Crippen LogP contribution in [0.2, 0.25) is 0 Å². The first-order chi connectivity index (χ1) is 28.7. The van der Waals surface area contributed by atoms with Gasteiger partial charge in [0.25, 0.3) is 0 Å². The minimum atomic E-state index is -6.19. The molecule has 0 atom stereocenters. The average molecular weight is 799 g/mol. The Labute approximate surface area is 340 Å². The van der Waals surface area contributed by atoms with E-state index in [-0.39, 0.29) is 11.4 Å². The molecule has 0 N–H and O–H groups in total. The molecule has 5 nitrogen and oxygen atoms in total. The molecule has 0 fully saturated rings.